The Morgan fingerprint density at radius 2 is 1.72 bits per heavy atom. The Kier molecular flexibility index (Phi) is 10.6. The number of nitrogens with one attached hydrogen (secondary N) is 2. The molecule has 0 saturated heterocycles. The molecule has 0 bridgehead atoms. The van der Waals surface area contributed by atoms with Crippen LogP contribution in [0.1, 0.15) is 32.6 Å². The van der Waals surface area contributed by atoms with Gasteiger partial charge in [0.15, 0.2) is 0 Å². The predicted octanol–water partition coefficient (Wildman–Crippen LogP) is 0.637. The lowest BCUT2D eigenvalue weighted by Gasteiger charge is -2.10. The van der Waals surface area contributed by atoms with Crippen molar-refractivity contribution in [1.29, 1.82) is 0 Å². The Morgan fingerprint density at radius 1 is 1.00 bits per heavy atom. The molecule has 110 valence electrons. The summed E-state index contributed by atoms with van der Waals surface area (Å²) in [5, 5.41) is 3.20. The standard InChI is InChI=1S/C12H29N3O2S/c1-4-8-13-9-7-12-18(16,17)14-10-5-6-11-15(2)3/h13-14H,4-12H2,1-3H3. The summed E-state index contributed by atoms with van der Waals surface area (Å²) in [6.45, 7) is 5.38. The lowest BCUT2D eigenvalue weighted by Crippen LogP contribution is -2.29. The number of sulfonamides is 1. The molecule has 6 heteroatoms. The molecule has 0 aromatic rings. The second-order valence-corrected chi connectivity index (χ2v) is 6.75. The van der Waals surface area contributed by atoms with Crippen molar-refractivity contribution in [2.75, 3.05) is 46.0 Å². The number of hydrogen-bond donors (Lipinski definition) is 2. The molecule has 0 radical (unpaired) electrons. The summed E-state index contributed by atoms with van der Waals surface area (Å²) in [4.78, 5) is 2.11. The summed E-state index contributed by atoms with van der Waals surface area (Å²) in [6.07, 6.45) is 3.67. The van der Waals surface area contributed by atoms with Gasteiger partial charge in [-0.25, -0.2) is 13.1 Å². The van der Waals surface area contributed by atoms with E-state index in [0.29, 0.717) is 13.0 Å². The second kappa shape index (κ2) is 10.7. The van der Waals surface area contributed by atoms with E-state index in [0.717, 1.165) is 38.9 Å². The normalized spacial score (nSPS) is 12.2. The fraction of sp³-hybridized carbons (Fsp3) is 1.00. The van der Waals surface area contributed by atoms with E-state index in [1.165, 1.54) is 0 Å². The molecule has 0 fully saturated rings. The fourth-order valence-corrected chi connectivity index (χ4v) is 2.67. The van der Waals surface area contributed by atoms with E-state index in [1.807, 2.05) is 14.1 Å². The summed E-state index contributed by atoms with van der Waals surface area (Å²) in [7, 11) is 0.970. The second-order valence-electron chi connectivity index (χ2n) is 4.83. The molecule has 0 amide bonds. The molecule has 0 heterocycles. The molecule has 0 aliphatic rings. The molecule has 0 atom stereocenters. The van der Waals surface area contributed by atoms with Crippen molar-refractivity contribution < 1.29 is 8.42 Å². The average Bonchev–Trinajstić information content (AvgIpc) is 2.27. The van der Waals surface area contributed by atoms with Gasteiger partial charge >= 0.3 is 0 Å². The van der Waals surface area contributed by atoms with E-state index in [1.54, 1.807) is 0 Å². The van der Waals surface area contributed by atoms with E-state index in [4.69, 9.17) is 0 Å². The van der Waals surface area contributed by atoms with Crippen molar-refractivity contribution in [2.24, 2.45) is 0 Å². The lowest BCUT2D eigenvalue weighted by atomic mass is 10.3. The van der Waals surface area contributed by atoms with Gasteiger partial charge in [0.05, 0.1) is 5.75 Å². The molecule has 0 aromatic heterocycles. The molecule has 5 nitrogen and oxygen atoms in total. The van der Waals surface area contributed by atoms with Crippen LogP contribution < -0.4 is 10.0 Å². The van der Waals surface area contributed by atoms with Crippen molar-refractivity contribution >= 4 is 10.0 Å². The molecule has 0 rings (SSSR count). The summed E-state index contributed by atoms with van der Waals surface area (Å²) < 4.78 is 25.9. The van der Waals surface area contributed by atoms with Gasteiger partial charge in [-0.05, 0) is 59.4 Å². The van der Waals surface area contributed by atoms with Gasteiger partial charge in [-0.2, -0.15) is 0 Å². The van der Waals surface area contributed by atoms with E-state index in [-0.39, 0.29) is 5.75 Å². The molecule has 0 aliphatic heterocycles. The highest BCUT2D eigenvalue weighted by atomic mass is 32.2. The average molecular weight is 279 g/mol. The van der Waals surface area contributed by atoms with Crippen LogP contribution in [0.2, 0.25) is 0 Å². The third-order valence-electron chi connectivity index (χ3n) is 2.55. The molecule has 0 aromatic carbocycles. The van der Waals surface area contributed by atoms with E-state index >= 15 is 0 Å². The molecular formula is C12H29N3O2S. The number of nitrogens with zero attached hydrogens (tertiary/aromatic N) is 1. The lowest BCUT2D eigenvalue weighted by molar-refractivity contribution is 0.394. The largest absolute Gasteiger partial charge is 0.317 e. The van der Waals surface area contributed by atoms with Crippen LogP contribution in [0.4, 0.5) is 0 Å². The summed E-state index contributed by atoms with van der Waals surface area (Å²) in [6, 6.07) is 0. The van der Waals surface area contributed by atoms with Gasteiger partial charge < -0.3 is 10.2 Å². The Labute approximate surface area is 112 Å². The van der Waals surface area contributed by atoms with Crippen LogP contribution in [-0.2, 0) is 10.0 Å². The van der Waals surface area contributed by atoms with Crippen LogP contribution in [0.3, 0.4) is 0 Å². The first-order valence-electron chi connectivity index (χ1n) is 6.80. The highest BCUT2D eigenvalue weighted by molar-refractivity contribution is 7.89. The van der Waals surface area contributed by atoms with E-state index in [2.05, 4.69) is 21.9 Å². The zero-order valence-corrected chi connectivity index (χ0v) is 12.9. The fourth-order valence-electron chi connectivity index (χ4n) is 1.54. The van der Waals surface area contributed by atoms with Crippen LogP contribution in [0.15, 0.2) is 0 Å². The van der Waals surface area contributed by atoms with Gasteiger partial charge in [0.25, 0.3) is 0 Å². The first-order valence-corrected chi connectivity index (χ1v) is 8.46. The van der Waals surface area contributed by atoms with E-state index in [9.17, 15) is 8.42 Å². The minimum atomic E-state index is -3.07. The van der Waals surface area contributed by atoms with Gasteiger partial charge in [-0.15, -0.1) is 0 Å². The van der Waals surface area contributed by atoms with Gasteiger partial charge in [0.2, 0.25) is 10.0 Å². The van der Waals surface area contributed by atoms with Crippen molar-refractivity contribution in [2.45, 2.75) is 32.6 Å². The van der Waals surface area contributed by atoms with Crippen LogP contribution in [0.25, 0.3) is 0 Å². The molecule has 0 unspecified atom stereocenters. The maximum atomic E-state index is 11.6. The molecule has 2 N–H and O–H groups in total. The summed E-state index contributed by atoms with van der Waals surface area (Å²) in [5.41, 5.74) is 0. The smallest absolute Gasteiger partial charge is 0.211 e. The van der Waals surface area contributed by atoms with Gasteiger partial charge in [0.1, 0.15) is 0 Å². The highest BCUT2D eigenvalue weighted by Gasteiger charge is 2.08. The predicted molar refractivity (Wildman–Crippen MR) is 77.4 cm³/mol. The van der Waals surface area contributed by atoms with Gasteiger partial charge in [-0.1, -0.05) is 6.92 Å². The highest BCUT2D eigenvalue weighted by Crippen LogP contribution is 1.93. The number of hydrogen-bond acceptors (Lipinski definition) is 4. The van der Waals surface area contributed by atoms with Crippen molar-refractivity contribution in [1.82, 2.24) is 14.9 Å². The minimum Gasteiger partial charge on any atom is -0.317 e. The summed E-state index contributed by atoms with van der Waals surface area (Å²) in [5.74, 6) is 0.220. The summed E-state index contributed by atoms with van der Waals surface area (Å²) >= 11 is 0. The Morgan fingerprint density at radius 3 is 2.33 bits per heavy atom. The minimum absolute atomic E-state index is 0.220. The SMILES string of the molecule is CCCNCCCS(=O)(=O)NCCCCN(C)C. The first kappa shape index (κ1) is 17.8. The van der Waals surface area contributed by atoms with Crippen molar-refractivity contribution in [3.8, 4) is 0 Å². The zero-order valence-electron chi connectivity index (χ0n) is 12.0. The van der Waals surface area contributed by atoms with Crippen molar-refractivity contribution in [3.63, 3.8) is 0 Å². The topological polar surface area (TPSA) is 61.4 Å². The monoisotopic (exact) mass is 279 g/mol. The van der Waals surface area contributed by atoms with Gasteiger partial charge in [-0.3, -0.25) is 0 Å². The van der Waals surface area contributed by atoms with Crippen molar-refractivity contribution in [3.05, 3.63) is 0 Å². The Hall–Kier alpha value is -0.170. The maximum absolute atomic E-state index is 11.6. The molecule has 18 heavy (non-hydrogen) atoms. The quantitative estimate of drug-likeness (QED) is 0.515. The van der Waals surface area contributed by atoms with Crippen LogP contribution >= 0.6 is 0 Å². The molecular weight excluding hydrogens is 250 g/mol. The molecule has 0 spiro atoms. The third-order valence-corrected chi connectivity index (χ3v) is 4.02. The van der Waals surface area contributed by atoms with Crippen LogP contribution in [0, 0.1) is 0 Å². The third kappa shape index (κ3) is 12.3. The molecule has 0 aliphatic carbocycles. The number of rotatable bonds is 12. The Balaban J connectivity index is 3.49. The maximum Gasteiger partial charge on any atom is 0.211 e. The zero-order chi connectivity index (χ0) is 13.9. The number of unbranched alkanes of at least 4 members (excludes halogenated alkanes) is 1. The van der Waals surface area contributed by atoms with E-state index < -0.39 is 10.0 Å². The van der Waals surface area contributed by atoms with Crippen LogP contribution in [-0.4, -0.2) is 59.3 Å². The molecule has 0 saturated carbocycles. The van der Waals surface area contributed by atoms with Crippen LogP contribution in [0.5, 0.6) is 0 Å². The van der Waals surface area contributed by atoms with Gasteiger partial charge in [0, 0.05) is 6.54 Å². The Bertz CT molecular complexity index is 279. The first-order chi connectivity index (χ1) is 8.48.